The molecule has 1 saturated carbocycles. The second-order valence-electron chi connectivity index (χ2n) is 7.77. The molecule has 0 atom stereocenters. The molecule has 3 aromatic heterocycles. The summed E-state index contributed by atoms with van der Waals surface area (Å²) in [5, 5.41) is 10.5. The third kappa shape index (κ3) is 3.34. The lowest BCUT2D eigenvalue weighted by Crippen LogP contribution is -2.14. The molecule has 0 saturated heterocycles. The molecule has 6 heteroatoms. The Morgan fingerprint density at radius 3 is 2.76 bits per heavy atom. The van der Waals surface area contributed by atoms with Crippen molar-refractivity contribution < 1.29 is 4.79 Å². The van der Waals surface area contributed by atoms with Crippen LogP contribution >= 0.6 is 11.3 Å². The Bertz CT molecular complexity index is 1190. The minimum Gasteiger partial charge on any atom is -0.321 e. The summed E-state index contributed by atoms with van der Waals surface area (Å²) in [6.07, 6.45) is 4.03. The van der Waals surface area contributed by atoms with Crippen molar-refractivity contribution in [2.24, 2.45) is 0 Å². The van der Waals surface area contributed by atoms with Crippen LogP contribution in [0.3, 0.4) is 0 Å². The van der Waals surface area contributed by atoms with Crippen molar-refractivity contribution in [2.75, 3.05) is 5.32 Å². The number of nitrogens with zero attached hydrogens (tertiary/aromatic N) is 3. The van der Waals surface area contributed by atoms with E-state index in [2.05, 4.69) is 30.3 Å². The predicted octanol–water partition coefficient (Wildman–Crippen LogP) is 5.87. The summed E-state index contributed by atoms with van der Waals surface area (Å²) in [6, 6.07) is 14.2. The van der Waals surface area contributed by atoms with Crippen molar-refractivity contribution in [1.29, 1.82) is 0 Å². The van der Waals surface area contributed by atoms with Crippen LogP contribution in [-0.4, -0.2) is 20.7 Å². The lowest BCUT2D eigenvalue weighted by atomic mass is 10.1. The number of amides is 1. The molecule has 1 aliphatic carbocycles. The third-order valence-electron chi connectivity index (χ3n) is 5.28. The van der Waals surface area contributed by atoms with Gasteiger partial charge in [-0.1, -0.05) is 24.3 Å². The zero-order valence-electron chi connectivity index (χ0n) is 16.4. The Balaban J connectivity index is 1.57. The second-order valence-corrected chi connectivity index (χ2v) is 8.71. The Morgan fingerprint density at radius 2 is 2.03 bits per heavy atom. The molecule has 1 aromatic carbocycles. The SMILES string of the molecule is CC(C)n1ncc2c(C(=O)Nc3ccccc3-c3cccs3)cc(C3CC3)nc21. The van der Waals surface area contributed by atoms with Crippen molar-refractivity contribution in [2.45, 2.75) is 38.6 Å². The molecule has 1 fully saturated rings. The molecule has 0 radical (unpaired) electrons. The number of hydrogen-bond acceptors (Lipinski definition) is 4. The Kier molecular flexibility index (Phi) is 4.43. The van der Waals surface area contributed by atoms with Gasteiger partial charge in [0.15, 0.2) is 5.65 Å². The van der Waals surface area contributed by atoms with Crippen molar-refractivity contribution >= 4 is 34.0 Å². The van der Waals surface area contributed by atoms with Crippen molar-refractivity contribution in [1.82, 2.24) is 14.8 Å². The van der Waals surface area contributed by atoms with Gasteiger partial charge in [-0.05, 0) is 50.3 Å². The van der Waals surface area contributed by atoms with E-state index in [1.165, 1.54) is 0 Å². The fraction of sp³-hybridized carbons (Fsp3) is 0.261. The first-order valence-electron chi connectivity index (χ1n) is 9.94. The molecule has 3 heterocycles. The van der Waals surface area contributed by atoms with Crippen LogP contribution in [0.2, 0.25) is 0 Å². The summed E-state index contributed by atoms with van der Waals surface area (Å²) in [5.41, 5.74) is 4.28. The van der Waals surface area contributed by atoms with Crippen LogP contribution in [0, 0.1) is 0 Å². The molecule has 0 aliphatic heterocycles. The van der Waals surface area contributed by atoms with Crippen molar-refractivity contribution in [3.63, 3.8) is 0 Å². The van der Waals surface area contributed by atoms with E-state index in [9.17, 15) is 4.79 Å². The fourth-order valence-corrected chi connectivity index (χ4v) is 4.39. The van der Waals surface area contributed by atoms with Gasteiger partial charge in [0, 0.05) is 33.8 Å². The molecule has 1 N–H and O–H groups in total. The van der Waals surface area contributed by atoms with Crippen LogP contribution in [0.25, 0.3) is 21.5 Å². The molecule has 5 nitrogen and oxygen atoms in total. The van der Waals surface area contributed by atoms with Crippen LogP contribution in [0.1, 0.15) is 54.7 Å². The molecule has 146 valence electrons. The molecule has 1 aliphatic rings. The van der Waals surface area contributed by atoms with E-state index in [1.54, 1.807) is 17.5 Å². The predicted molar refractivity (Wildman–Crippen MR) is 118 cm³/mol. The van der Waals surface area contributed by atoms with E-state index in [1.807, 2.05) is 46.5 Å². The van der Waals surface area contributed by atoms with Gasteiger partial charge in [0.05, 0.1) is 17.1 Å². The minimum atomic E-state index is -0.119. The summed E-state index contributed by atoms with van der Waals surface area (Å²) in [5.74, 6) is 0.339. The highest BCUT2D eigenvalue weighted by Gasteiger charge is 2.28. The Morgan fingerprint density at radius 1 is 1.21 bits per heavy atom. The summed E-state index contributed by atoms with van der Waals surface area (Å²) in [7, 11) is 0. The summed E-state index contributed by atoms with van der Waals surface area (Å²) in [4.78, 5) is 19.3. The van der Waals surface area contributed by atoms with Crippen LogP contribution in [0.4, 0.5) is 5.69 Å². The van der Waals surface area contributed by atoms with Gasteiger partial charge in [-0.25, -0.2) is 9.67 Å². The first-order valence-corrected chi connectivity index (χ1v) is 10.8. The maximum atomic E-state index is 13.4. The van der Waals surface area contributed by atoms with Crippen LogP contribution in [-0.2, 0) is 0 Å². The average molecular weight is 403 g/mol. The summed E-state index contributed by atoms with van der Waals surface area (Å²) < 4.78 is 1.90. The topological polar surface area (TPSA) is 59.8 Å². The second kappa shape index (κ2) is 7.12. The monoisotopic (exact) mass is 402 g/mol. The Labute approximate surface area is 173 Å². The smallest absolute Gasteiger partial charge is 0.256 e. The van der Waals surface area contributed by atoms with Gasteiger partial charge in [0.25, 0.3) is 5.91 Å². The van der Waals surface area contributed by atoms with E-state index >= 15 is 0 Å². The minimum absolute atomic E-state index is 0.119. The van der Waals surface area contributed by atoms with Gasteiger partial charge in [-0.2, -0.15) is 5.10 Å². The number of carbonyl (C=O) groups excluding carboxylic acids is 1. The normalized spacial score (nSPS) is 13.9. The molecule has 0 bridgehead atoms. The summed E-state index contributed by atoms with van der Waals surface area (Å²) in [6.45, 7) is 4.16. The van der Waals surface area contributed by atoms with Gasteiger partial charge in [-0.15, -0.1) is 11.3 Å². The highest BCUT2D eigenvalue weighted by molar-refractivity contribution is 7.13. The van der Waals surface area contributed by atoms with Gasteiger partial charge in [0.2, 0.25) is 0 Å². The highest BCUT2D eigenvalue weighted by Crippen LogP contribution is 2.40. The van der Waals surface area contributed by atoms with E-state index < -0.39 is 0 Å². The van der Waals surface area contributed by atoms with Gasteiger partial charge < -0.3 is 5.32 Å². The number of rotatable bonds is 5. The molecule has 0 spiro atoms. The number of para-hydroxylation sites is 1. The number of anilines is 1. The number of thiophene rings is 1. The van der Waals surface area contributed by atoms with Gasteiger partial charge in [-0.3, -0.25) is 4.79 Å². The maximum absolute atomic E-state index is 13.4. The lowest BCUT2D eigenvalue weighted by molar-refractivity contribution is 0.102. The average Bonchev–Trinajstić information content (AvgIpc) is 3.25. The van der Waals surface area contributed by atoms with Crippen molar-refractivity contribution in [3.05, 3.63) is 65.3 Å². The van der Waals surface area contributed by atoms with Gasteiger partial charge >= 0.3 is 0 Å². The Hall–Kier alpha value is -2.99. The number of aromatic nitrogens is 3. The summed E-state index contributed by atoms with van der Waals surface area (Å²) >= 11 is 1.66. The lowest BCUT2D eigenvalue weighted by Gasteiger charge is -2.12. The largest absolute Gasteiger partial charge is 0.321 e. The number of nitrogens with one attached hydrogen (secondary N) is 1. The molecule has 5 rings (SSSR count). The molecule has 0 unspecified atom stereocenters. The number of hydrogen-bond donors (Lipinski definition) is 1. The van der Waals surface area contributed by atoms with E-state index in [0.717, 1.165) is 45.7 Å². The van der Waals surface area contributed by atoms with Crippen LogP contribution in [0.15, 0.2) is 54.0 Å². The molecule has 4 aromatic rings. The first kappa shape index (κ1) is 18.1. The highest BCUT2D eigenvalue weighted by atomic mass is 32.1. The molecule has 29 heavy (non-hydrogen) atoms. The number of pyridine rings is 1. The fourth-order valence-electron chi connectivity index (χ4n) is 3.62. The number of fused-ring (bicyclic) bond motifs is 1. The van der Waals surface area contributed by atoms with E-state index in [4.69, 9.17) is 4.98 Å². The zero-order valence-corrected chi connectivity index (χ0v) is 17.2. The zero-order chi connectivity index (χ0) is 20.0. The quantitative estimate of drug-likeness (QED) is 0.454. The standard InChI is InChI=1S/C23H22N4OS/c1-14(2)27-22-18(13-24-27)17(12-20(25-22)15-9-10-15)23(28)26-19-7-4-3-6-16(19)21-8-5-11-29-21/h3-8,11-15H,9-10H2,1-2H3,(H,26,28). The molecular formula is C23H22N4OS. The van der Waals surface area contributed by atoms with Gasteiger partial charge in [0.1, 0.15) is 0 Å². The van der Waals surface area contributed by atoms with E-state index in [-0.39, 0.29) is 11.9 Å². The van der Waals surface area contributed by atoms with E-state index in [0.29, 0.717) is 11.5 Å². The third-order valence-corrected chi connectivity index (χ3v) is 6.18. The number of carbonyl (C=O) groups is 1. The van der Waals surface area contributed by atoms with Crippen molar-refractivity contribution in [3.8, 4) is 10.4 Å². The number of benzene rings is 1. The first-order chi connectivity index (χ1) is 14.1. The molecule has 1 amide bonds. The van der Waals surface area contributed by atoms with Crippen LogP contribution < -0.4 is 5.32 Å². The maximum Gasteiger partial charge on any atom is 0.256 e. The molecular weight excluding hydrogens is 380 g/mol. The van der Waals surface area contributed by atoms with Crippen LogP contribution in [0.5, 0.6) is 0 Å².